The minimum atomic E-state index is 0.170. The molecule has 1 heterocycles. The average Bonchev–Trinajstić information content (AvgIpc) is 2.86. The van der Waals surface area contributed by atoms with E-state index in [0.717, 1.165) is 16.8 Å². The van der Waals surface area contributed by atoms with Crippen LogP contribution >= 0.6 is 11.3 Å². The molecule has 2 aromatic rings. The molecule has 2 rings (SSSR count). The molecule has 0 amide bonds. The third-order valence-corrected chi connectivity index (χ3v) is 4.11. The summed E-state index contributed by atoms with van der Waals surface area (Å²) in [4.78, 5) is 18.7. The summed E-state index contributed by atoms with van der Waals surface area (Å²) in [6, 6.07) is 4.09. The molecule has 0 aliphatic carbocycles. The summed E-state index contributed by atoms with van der Waals surface area (Å²) in [5.74, 6) is 0.170. The monoisotopic (exact) mass is 288 g/mol. The molecule has 106 valence electrons. The van der Waals surface area contributed by atoms with Crippen molar-refractivity contribution in [1.29, 1.82) is 0 Å². The van der Waals surface area contributed by atoms with Crippen LogP contribution in [0.25, 0.3) is 0 Å². The fourth-order valence-corrected chi connectivity index (χ4v) is 2.79. The number of hydrogen-bond acceptors (Lipinski definition) is 4. The van der Waals surface area contributed by atoms with E-state index < -0.39 is 0 Å². The van der Waals surface area contributed by atoms with Crippen LogP contribution in [0.3, 0.4) is 0 Å². The fourth-order valence-electron chi connectivity index (χ4n) is 2.24. The normalized spacial score (nSPS) is 11.1. The maximum absolute atomic E-state index is 12.4. The molecule has 0 radical (unpaired) electrons. The van der Waals surface area contributed by atoms with Gasteiger partial charge in [0, 0.05) is 17.5 Å². The minimum Gasteiger partial charge on any atom is -0.293 e. The molecule has 0 saturated heterocycles. The number of Topliss-reactive ketones (excluding diaryl/α,β-unsaturated/α-hetero) is 1. The molecule has 3 nitrogen and oxygen atoms in total. The Hall–Kier alpha value is -1.52. The van der Waals surface area contributed by atoms with Gasteiger partial charge in [0.1, 0.15) is 0 Å². The first-order valence-electron chi connectivity index (χ1n) is 6.64. The van der Waals surface area contributed by atoms with Crippen molar-refractivity contribution in [3.05, 3.63) is 51.0 Å². The second-order valence-corrected chi connectivity index (χ2v) is 6.05. The maximum Gasteiger partial charge on any atom is 0.177 e. The molecular weight excluding hydrogens is 268 g/mol. The van der Waals surface area contributed by atoms with Gasteiger partial charge in [0.15, 0.2) is 5.78 Å². The third kappa shape index (κ3) is 3.52. The lowest BCUT2D eigenvalue weighted by Gasteiger charge is -2.16. The molecule has 0 N–H and O–H groups in total. The third-order valence-electron chi connectivity index (χ3n) is 3.47. The van der Waals surface area contributed by atoms with E-state index >= 15 is 0 Å². The zero-order valence-corrected chi connectivity index (χ0v) is 13.3. The number of carbonyl (C=O) groups excluding carboxylic acids is 1. The van der Waals surface area contributed by atoms with E-state index in [2.05, 4.69) is 18.0 Å². The summed E-state index contributed by atoms with van der Waals surface area (Å²) < 4.78 is 0. The Balaban J connectivity index is 2.06. The Morgan fingerprint density at radius 3 is 2.55 bits per heavy atom. The van der Waals surface area contributed by atoms with E-state index in [9.17, 15) is 4.79 Å². The van der Waals surface area contributed by atoms with E-state index in [1.165, 1.54) is 11.1 Å². The Labute approximate surface area is 124 Å². The van der Waals surface area contributed by atoms with E-state index in [0.29, 0.717) is 13.1 Å². The maximum atomic E-state index is 12.4. The van der Waals surface area contributed by atoms with Crippen LogP contribution < -0.4 is 0 Å². The van der Waals surface area contributed by atoms with Gasteiger partial charge in [0.25, 0.3) is 0 Å². The quantitative estimate of drug-likeness (QED) is 0.791. The van der Waals surface area contributed by atoms with Gasteiger partial charge in [-0.3, -0.25) is 9.69 Å². The Bertz CT molecular complexity index is 605. The van der Waals surface area contributed by atoms with Crippen LogP contribution in [0, 0.1) is 20.8 Å². The van der Waals surface area contributed by atoms with Crippen LogP contribution in [-0.2, 0) is 6.54 Å². The standard InChI is InChI=1S/C16H20N2OS/c1-11-5-13(3)15(6-12(11)2)16(19)8-18(4)7-14-9-20-10-17-14/h5-6,9-10H,7-8H2,1-4H3. The second kappa shape index (κ2) is 6.29. The van der Waals surface area contributed by atoms with Crippen molar-refractivity contribution in [3.63, 3.8) is 0 Å². The number of aryl methyl sites for hydroxylation is 3. The summed E-state index contributed by atoms with van der Waals surface area (Å²) in [7, 11) is 1.95. The van der Waals surface area contributed by atoms with Crippen molar-refractivity contribution in [2.75, 3.05) is 13.6 Å². The number of nitrogens with zero attached hydrogens (tertiary/aromatic N) is 2. The van der Waals surface area contributed by atoms with Crippen LogP contribution in [0.2, 0.25) is 0 Å². The van der Waals surface area contributed by atoms with Gasteiger partial charge in [-0.15, -0.1) is 11.3 Å². The summed E-state index contributed by atoms with van der Waals surface area (Å²) in [6.07, 6.45) is 0. The lowest BCUT2D eigenvalue weighted by Crippen LogP contribution is -2.26. The van der Waals surface area contributed by atoms with Crippen molar-refractivity contribution >= 4 is 17.1 Å². The molecule has 0 saturated carbocycles. The van der Waals surface area contributed by atoms with Gasteiger partial charge in [-0.1, -0.05) is 6.07 Å². The average molecular weight is 288 g/mol. The SMILES string of the molecule is Cc1cc(C)c(C(=O)CN(C)Cc2cscn2)cc1C. The highest BCUT2D eigenvalue weighted by atomic mass is 32.1. The van der Waals surface area contributed by atoms with Crippen molar-refractivity contribution in [1.82, 2.24) is 9.88 Å². The molecule has 1 aromatic heterocycles. The number of thiazole rings is 1. The van der Waals surface area contributed by atoms with Gasteiger partial charge in [-0.2, -0.15) is 0 Å². The Kier molecular flexibility index (Phi) is 4.68. The van der Waals surface area contributed by atoms with Gasteiger partial charge < -0.3 is 0 Å². The first-order chi connectivity index (χ1) is 9.47. The summed E-state index contributed by atoms with van der Waals surface area (Å²) >= 11 is 1.58. The lowest BCUT2D eigenvalue weighted by atomic mass is 9.98. The molecular formula is C16H20N2OS. The Morgan fingerprint density at radius 2 is 1.90 bits per heavy atom. The number of hydrogen-bond donors (Lipinski definition) is 0. The van der Waals surface area contributed by atoms with Crippen LogP contribution in [0.15, 0.2) is 23.0 Å². The van der Waals surface area contributed by atoms with Crippen molar-refractivity contribution in [2.45, 2.75) is 27.3 Å². The van der Waals surface area contributed by atoms with Crippen LogP contribution in [0.4, 0.5) is 0 Å². The molecule has 20 heavy (non-hydrogen) atoms. The van der Waals surface area contributed by atoms with Gasteiger partial charge in [0.05, 0.1) is 17.7 Å². The smallest absolute Gasteiger partial charge is 0.177 e. The molecule has 4 heteroatoms. The van der Waals surface area contributed by atoms with E-state index in [1.807, 2.05) is 42.8 Å². The topological polar surface area (TPSA) is 33.2 Å². The van der Waals surface area contributed by atoms with Gasteiger partial charge in [-0.25, -0.2) is 4.98 Å². The van der Waals surface area contributed by atoms with Crippen LogP contribution in [-0.4, -0.2) is 29.3 Å². The summed E-state index contributed by atoms with van der Waals surface area (Å²) in [6.45, 7) is 7.25. The predicted octanol–water partition coefficient (Wildman–Crippen LogP) is 3.38. The molecule has 0 aliphatic rings. The Morgan fingerprint density at radius 1 is 1.20 bits per heavy atom. The first kappa shape index (κ1) is 14.9. The molecule has 1 aromatic carbocycles. The van der Waals surface area contributed by atoms with Crippen molar-refractivity contribution < 1.29 is 4.79 Å². The van der Waals surface area contributed by atoms with Crippen molar-refractivity contribution in [3.8, 4) is 0 Å². The van der Waals surface area contributed by atoms with Gasteiger partial charge >= 0.3 is 0 Å². The molecule has 0 fully saturated rings. The van der Waals surface area contributed by atoms with Crippen molar-refractivity contribution in [2.24, 2.45) is 0 Å². The highest BCUT2D eigenvalue weighted by Gasteiger charge is 2.13. The largest absolute Gasteiger partial charge is 0.293 e. The summed E-state index contributed by atoms with van der Waals surface area (Å²) in [5.41, 5.74) is 7.12. The molecule has 0 bridgehead atoms. The fraction of sp³-hybridized carbons (Fsp3) is 0.375. The second-order valence-electron chi connectivity index (χ2n) is 5.33. The number of rotatable bonds is 5. The lowest BCUT2D eigenvalue weighted by molar-refractivity contribution is 0.0942. The molecule has 0 unspecified atom stereocenters. The number of ketones is 1. The zero-order valence-electron chi connectivity index (χ0n) is 12.4. The number of aromatic nitrogens is 1. The zero-order chi connectivity index (χ0) is 14.7. The number of benzene rings is 1. The number of carbonyl (C=O) groups is 1. The minimum absolute atomic E-state index is 0.170. The summed E-state index contributed by atoms with van der Waals surface area (Å²) in [5, 5.41) is 2.02. The van der Waals surface area contributed by atoms with E-state index in [4.69, 9.17) is 0 Å². The van der Waals surface area contributed by atoms with E-state index in [-0.39, 0.29) is 5.78 Å². The predicted molar refractivity (Wildman–Crippen MR) is 83.4 cm³/mol. The molecule has 0 spiro atoms. The van der Waals surface area contributed by atoms with E-state index in [1.54, 1.807) is 11.3 Å². The van der Waals surface area contributed by atoms with Gasteiger partial charge in [-0.05, 0) is 50.6 Å². The highest BCUT2D eigenvalue weighted by molar-refractivity contribution is 7.07. The molecule has 0 atom stereocenters. The van der Waals surface area contributed by atoms with Gasteiger partial charge in [0.2, 0.25) is 0 Å². The highest BCUT2D eigenvalue weighted by Crippen LogP contribution is 2.16. The molecule has 0 aliphatic heterocycles. The van der Waals surface area contributed by atoms with Crippen LogP contribution in [0.5, 0.6) is 0 Å². The number of likely N-dealkylation sites (N-methyl/N-ethyl adjacent to an activating group) is 1. The van der Waals surface area contributed by atoms with Crippen LogP contribution in [0.1, 0.15) is 32.7 Å². The first-order valence-corrected chi connectivity index (χ1v) is 7.58.